The van der Waals surface area contributed by atoms with Crippen LogP contribution in [0.1, 0.15) is 26.3 Å². The van der Waals surface area contributed by atoms with Gasteiger partial charge >= 0.3 is 0 Å². The number of fused-ring (bicyclic) bond motifs is 1. The van der Waals surface area contributed by atoms with Gasteiger partial charge in [-0.1, -0.05) is 24.3 Å². The molecule has 0 radical (unpaired) electrons. The highest BCUT2D eigenvalue weighted by molar-refractivity contribution is 6.07. The van der Waals surface area contributed by atoms with Crippen molar-refractivity contribution >= 4 is 22.7 Å². The third-order valence-corrected chi connectivity index (χ3v) is 6.20. The van der Waals surface area contributed by atoms with Crippen molar-refractivity contribution in [2.75, 3.05) is 26.2 Å². The summed E-state index contributed by atoms with van der Waals surface area (Å²) in [6, 6.07) is 17.7. The Morgan fingerprint density at radius 1 is 0.853 bits per heavy atom. The molecule has 0 spiro atoms. The summed E-state index contributed by atoms with van der Waals surface area (Å²) in [5.74, 6) is -0.711. The van der Waals surface area contributed by atoms with Crippen molar-refractivity contribution in [1.29, 1.82) is 0 Å². The van der Waals surface area contributed by atoms with E-state index in [1.165, 1.54) is 6.07 Å². The number of carbonyl (C=O) groups is 2. The molecule has 1 saturated heterocycles. The zero-order valence-electron chi connectivity index (χ0n) is 18.7. The minimum absolute atomic E-state index is 0.0950. The maximum atomic E-state index is 13.9. The van der Waals surface area contributed by atoms with E-state index in [4.69, 9.17) is 4.98 Å². The SMILES string of the molecule is Cc1ccc(C(=O)N2CCN(C(=O)c3cc(-c4ccncc4)nc4ccccc34)CC2)cc1F. The lowest BCUT2D eigenvalue weighted by Crippen LogP contribution is -2.50. The number of aryl methyl sites for hydroxylation is 1. The molecule has 6 nitrogen and oxygen atoms in total. The van der Waals surface area contributed by atoms with Gasteiger partial charge in [-0.05, 0) is 48.9 Å². The highest BCUT2D eigenvalue weighted by Gasteiger charge is 2.27. The van der Waals surface area contributed by atoms with Crippen molar-refractivity contribution in [1.82, 2.24) is 19.8 Å². The fourth-order valence-electron chi connectivity index (χ4n) is 4.21. The molecule has 1 fully saturated rings. The van der Waals surface area contributed by atoms with Crippen LogP contribution < -0.4 is 0 Å². The molecule has 1 aliphatic heterocycles. The molecular formula is C27H23FN4O2. The number of para-hydroxylation sites is 1. The van der Waals surface area contributed by atoms with Gasteiger partial charge in [0.25, 0.3) is 11.8 Å². The average molecular weight is 455 g/mol. The molecule has 2 aromatic heterocycles. The number of nitrogens with zero attached hydrogens (tertiary/aromatic N) is 4. The molecule has 0 N–H and O–H groups in total. The van der Waals surface area contributed by atoms with Gasteiger partial charge in [0.1, 0.15) is 5.82 Å². The number of benzene rings is 2. The van der Waals surface area contributed by atoms with Crippen LogP contribution in [0, 0.1) is 12.7 Å². The number of piperazine rings is 1. The van der Waals surface area contributed by atoms with Crippen LogP contribution in [0.25, 0.3) is 22.2 Å². The van der Waals surface area contributed by atoms with Crippen molar-refractivity contribution in [3.8, 4) is 11.3 Å². The van der Waals surface area contributed by atoms with E-state index < -0.39 is 5.82 Å². The normalized spacial score (nSPS) is 13.8. The summed E-state index contributed by atoms with van der Waals surface area (Å²) in [6.07, 6.45) is 3.40. The maximum absolute atomic E-state index is 13.9. The topological polar surface area (TPSA) is 66.4 Å². The van der Waals surface area contributed by atoms with E-state index in [0.29, 0.717) is 48.6 Å². The number of carbonyl (C=O) groups excluding carboxylic acids is 2. The number of rotatable bonds is 3. The molecule has 4 aromatic rings. The van der Waals surface area contributed by atoms with Crippen LogP contribution in [-0.4, -0.2) is 57.8 Å². The standard InChI is InChI=1S/C27H23FN4O2/c1-18-6-7-20(16-23(18)28)26(33)31-12-14-32(15-13-31)27(34)22-17-25(19-8-10-29-11-9-19)30-24-5-3-2-4-21(22)24/h2-11,16-17H,12-15H2,1H3. The summed E-state index contributed by atoms with van der Waals surface area (Å²) in [5, 5.41) is 0.791. The molecule has 0 aliphatic carbocycles. The second kappa shape index (κ2) is 9.02. The van der Waals surface area contributed by atoms with E-state index in [1.807, 2.05) is 42.5 Å². The van der Waals surface area contributed by atoms with Gasteiger partial charge in [0.15, 0.2) is 0 Å². The number of aromatic nitrogens is 2. The largest absolute Gasteiger partial charge is 0.335 e. The van der Waals surface area contributed by atoms with E-state index in [9.17, 15) is 14.0 Å². The number of halogens is 1. The molecule has 1 aliphatic rings. The Morgan fingerprint density at radius 2 is 1.53 bits per heavy atom. The molecule has 170 valence electrons. The third kappa shape index (κ3) is 4.12. The summed E-state index contributed by atoms with van der Waals surface area (Å²) < 4.78 is 13.9. The molecule has 0 atom stereocenters. The predicted molar refractivity (Wildman–Crippen MR) is 128 cm³/mol. The highest BCUT2D eigenvalue weighted by Crippen LogP contribution is 2.26. The van der Waals surface area contributed by atoms with Gasteiger partial charge in [0, 0.05) is 55.1 Å². The van der Waals surface area contributed by atoms with Crippen LogP contribution in [0.5, 0.6) is 0 Å². The lowest BCUT2D eigenvalue weighted by Gasteiger charge is -2.35. The van der Waals surface area contributed by atoms with Gasteiger partial charge in [-0.3, -0.25) is 14.6 Å². The molecule has 0 bridgehead atoms. The van der Waals surface area contributed by atoms with E-state index in [-0.39, 0.29) is 11.8 Å². The molecule has 2 amide bonds. The van der Waals surface area contributed by atoms with E-state index in [0.717, 1.165) is 16.5 Å². The molecule has 0 saturated carbocycles. The minimum atomic E-state index is -0.394. The molecule has 3 heterocycles. The maximum Gasteiger partial charge on any atom is 0.254 e. The zero-order chi connectivity index (χ0) is 23.7. The third-order valence-electron chi connectivity index (χ3n) is 6.20. The smallest absolute Gasteiger partial charge is 0.254 e. The van der Waals surface area contributed by atoms with Crippen LogP contribution in [0.4, 0.5) is 4.39 Å². The van der Waals surface area contributed by atoms with Crippen LogP contribution in [0.3, 0.4) is 0 Å². The van der Waals surface area contributed by atoms with Crippen molar-refractivity contribution in [3.05, 3.63) is 95.6 Å². The Labute approximate surface area is 196 Å². The first-order valence-electron chi connectivity index (χ1n) is 11.2. The zero-order valence-corrected chi connectivity index (χ0v) is 18.7. The lowest BCUT2D eigenvalue weighted by atomic mass is 10.0. The first-order valence-corrected chi connectivity index (χ1v) is 11.2. The van der Waals surface area contributed by atoms with Gasteiger partial charge in [0.05, 0.1) is 16.8 Å². The van der Waals surface area contributed by atoms with Crippen molar-refractivity contribution < 1.29 is 14.0 Å². The first kappa shape index (κ1) is 21.7. The van der Waals surface area contributed by atoms with Crippen LogP contribution in [0.2, 0.25) is 0 Å². The van der Waals surface area contributed by atoms with Gasteiger partial charge in [-0.2, -0.15) is 0 Å². The highest BCUT2D eigenvalue weighted by atomic mass is 19.1. The minimum Gasteiger partial charge on any atom is -0.335 e. The Morgan fingerprint density at radius 3 is 2.24 bits per heavy atom. The van der Waals surface area contributed by atoms with Gasteiger partial charge in [0.2, 0.25) is 0 Å². The quantitative estimate of drug-likeness (QED) is 0.462. The number of hydrogen-bond acceptors (Lipinski definition) is 4. The summed E-state index contributed by atoms with van der Waals surface area (Å²) in [7, 11) is 0. The Balaban J connectivity index is 1.38. The first-order chi connectivity index (χ1) is 16.5. The second-order valence-electron chi connectivity index (χ2n) is 8.36. The number of pyridine rings is 2. The van der Waals surface area contributed by atoms with Crippen LogP contribution >= 0.6 is 0 Å². The van der Waals surface area contributed by atoms with Crippen LogP contribution in [-0.2, 0) is 0 Å². The summed E-state index contributed by atoms with van der Waals surface area (Å²) in [5.41, 5.74) is 3.75. The number of amides is 2. The predicted octanol–water partition coefficient (Wildman–Crippen LogP) is 4.34. The summed E-state index contributed by atoms with van der Waals surface area (Å²) in [6.45, 7) is 3.25. The van der Waals surface area contributed by atoms with Gasteiger partial charge in [-0.25, -0.2) is 9.37 Å². The van der Waals surface area contributed by atoms with E-state index >= 15 is 0 Å². The van der Waals surface area contributed by atoms with Gasteiger partial charge < -0.3 is 9.80 Å². The van der Waals surface area contributed by atoms with Crippen LogP contribution in [0.15, 0.2) is 73.1 Å². The Kier molecular flexibility index (Phi) is 5.76. The second-order valence-corrected chi connectivity index (χ2v) is 8.36. The lowest BCUT2D eigenvalue weighted by molar-refractivity contribution is 0.0536. The number of hydrogen-bond donors (Lipinski definition) is 0. The Hall–Kier alpha value is -4.13. The molecule has 5 rings (SSSR count). The van der Waals surface area contributed by atoms with E-state index in [1.54, 1.807) is 41.2 Å². The monoisotopic (exact) mass is 454 g/mol. The molecule has 34 heavy (non-hydrogen) atoms. The summed E-state index contributed by atoms with van der Waals surface area (Å²) in [4.78, 5) is 38.6. The fourth-order valence-corrected chi connectivity index (χ4v) is 4.21. The average Bonchev–Trinajstić information content (AvgIpc) is 2.89. The molecule has 0 unspecified atom stereocenters. The Bertz CT molecular complexity index is 1380. The van der Waals surface area contributed by atoms with Crippen molar-refractivity contribution in [3.63, 3.8) is 0 Å². The molecule has 2 aromatic carbocycles. The van der Waals surface area contributed by atoms with Gasteiger partial charge in [-0.15, -0.1) is 0 Å². The summed E-state index contributed by atoms with van der Waals surface area (Å²) >= 11 is 0. The van der Waals surface area contributed by atoms with Crippen molar-refractivity contribution in [2.45, 2.75) is 6.92 Å². The molecule has 7 heteroatoms. The van der Waals surface area contributed by atoms with Crippen molar-refractivity contribution in [2.24, 2.45) is 0 Å². The van der Waals surface area contributed by atoms with E-state index in [2.05, 4.69) is 4.98 Å². The molecular weight excluding hydrogens is 431 g/mol. The fraction of sp³-hybridized carbons (Fsp3) is 0.185.